The Morgan fingerprint density at radius 1 is 1.00 bits per heavy atom. The number of hydrogen-bond donors (Lipinski definition) is 1. The number of rotatable bonds is 4. The van der Waals surface area contributed by atoms with E-state index >= 15 is 0 Å². The molecular weight excluding hydrogens is 256 g/mol. The molecule has 1 saturated heterocycles. The lowest BCUT2D eigenvalue weighted by Crippen LogP contribution is -2.32. The molecule has 1 N–H and O–H groups in total. The van der Waals surface area contributed by atoms with Gasteiger partial charge in [-0.2, -0.15) is 0 Å². The summed E-state index contributed by atoms with van der Waals surface area (Å²) in [4.78, 5) is 4.80. The third-order valence-corrected chi connectivity index (χ3v) is 3.94. The summed E-state index contributed by atoms with van der Waals surface area (Å²) in [5.41, 5.74) is 1.27. The zero-order chi connectivity index (χ0) is 13.8. The average Bonchev–Trinajstić information content (AvgIpc) is 2.81. The van der Waals surface area contributed by atoms with Crippen LogP contribution in [-0.2, 0) is 6.54 Å². The van der Waals surface area contributed by atoms with Crippen LogP contribution >= 0.6 is 0 Å². The molecule has 0 spiro atoms. The molecule has 0 atom stereocenters. The third-order valence-electron chi connectivity index (χ3n) is 3.94. The summed E-state index contributed by atoms with van der Waals surface area (Å²) in [5, 5.41) is 9.02. The van der Waals surface area contributed by atoms with Gasteiger partial charge in [0.25, 0.3) is 0 Å². The van der Waals surface area contributed by atoms with E-state index in [1.165, 1.54) is 5.56 Å². The molecule has 0 aromatic heterocycles. The lowest BCUT2D eigenvalue weighted by molar-refractivity contribution is 0.174. The molecule has 2 aliphatic heterocycles. The summed E-state index contributed by atoms with van der Waals surface area (Å²) >= 11 is 0. The molecule has 1 aromatic carbocycles. The van der Waals surface area contributed by atoms with Crippen LogP contribution in [0.3, 0.4) is 0 Å². The summed E-state index contributed by atoms with van der Waals surface area (Å²) in [7, 11) is 0. The smallest absolute Gasteiger partial charge is 0.231 e. The molecule has 2 aliphatic rings. The van der Waals surface area contributed by atoms with Gasteiger partial charge in [0.05, 0.1) is 6.61 Å². The number of aliphatic hydroxyl groups excluding tert-OH is 1. The molecule has 0 unspecified atom stereocenters. The van der Waals surface area contributed by atoms with E-state index in [2.05, 4.69) is 21.9 Å². The zero-order valence-electron chi connectivity index (χ0n) is 11.8. The van der Waals surface area contributed by atoms with E-state index in [9.17, 15) is 0 Å². The summed E-state index contributed by atoms with van der Waals surface area (Å²) in [5.74, 6) is 1.71. The maximum atomic E-state index is 9.02. The third kappa shape index (κ3) is 3.23. The monoisotopic (exact) mass is 278 g/mol. The lowest BCUT2D eigenvalue weighted by atomic mass is 10.2. The number of aliphatic hydroxyl groups is 1. The molecule has 1 fully saturated rings. The van der Waals surface area contributed by atoms with Gasteiger partial charge in [-0.15, -0.1) is 0 Å². The molecular formula is C15H22N2O3. The first-order valence-electron chi connectivity index (χ1n) is 7.29. The number of benzene rings is 1. The number of ether oxygens (including phenoxy) is 2. The van der Waals surface area contributed by atoms with Crippen molar-refractivity contribution in [3.8, 4) is 11.5 Å². The Balaban J connectivity index is 1.57. The second-order valence-electron chi connectivity index (χ2n) is 5.38. The van der Waals surface area contributed by atoms with Crippen molar-refractivity contribution in [1.82, 2.24) is 9.80 Å². The van der Waals surface area contributed by atoms with Crippen LogP contribution in [0.2, 0.25) is 0 Å². The molecule has 3 rings (SSSR count). The van der Waals surface area contributed by atoms with Crippen LogP contribution in [0.5, 0.6) is 11.5 Å². The van der Waals surface area contributed by atoms with E-state index in [4.69, 9.17) is 14.6 Å². The highest BCUT2D eigenvalue weighted by Crippen LogP contribution is 2.32. The van der Waals surface area contributed by atoms with Gasteiger partial charge in [-0.05, 0) is 37.2 Å². The van der Waals surface area contributed by atoms with Crippen molar-refractivity contribution in [2.45, 2.75) is 13.0 Å². The Morgan fingerprint density at radius 2 is 1.80 bits per heavy atom. The van der Waals surface area contributed by atoms with Gasteiger partial charge in [-0.3, -0.25) is 9.80 Å². The minimum absolute atomic E-state index is 0.252. The van der Waals surface area contributed by atoms with Gasteiger partial charge in [0.2, 0.25) is 6.79 Å². The van der Waals surface area contributed by atoms with Crippen LogP contribution < -0.4 is 9.47 Å². The zero-order valence-corrected chi connectivity index (χ0v) is 11.8. The van der Waals surface area contributed by atoms with Crippen LogP contribution in [0.1, 0.15) is 12.0 Å². The quantitative estimate of drug-likeness (QED) is 0.887. The molecule has 0 amide bonds. The Labute approximate surface area is 119 Å². The standard InChI is InChI=1S/C15H22N2O3/c18-9-8-16-4-1-5-17(7-6-16)11-13-2-3-14-15(10-13)20-12-19-14/h2-3,10,18H,1,4-9,11-12H2. The first-order valence-corrected chi connectivity index (χ1v) is 7.29. The van der Waals surface area contributed by atoms with Crippen molar-refractivity contribution in [2.75, 3.05) is 46.1 Å². The average molecular weight is 278 g/mol. The Kier molecular flexibility index (Phi) is 4.40. The molecule has 1 aromatic rings. The number of β-amino-alcohol motifs (C(OH)–C–C–N with tert-alkyl or cyclic N) is 1. The Hall–Kier alpha value is -1.30. The normalized spacial score (nSPS) is 20.1. The van der Waals surface area contributed by atoms with Gasteiger partial charge < -0.3 is 14.6 Å². The van der Waals surface area contributed by atoms with Crippen molar-refractivity contribution >= 4 is 0 Å². The Morgan fingerprint density at radius 3 is 2.70 bits per heavy atom. The molecule has 20 heavy (non-hydrogen) atoms. The van der Waals surface area contributed by atoms with Crippen LogP contribution in [-0.4, -0.2) is 61.0 Å². The highest BCUT2D eigenvalue weighted by molar-refractivity contribution is 5.44. The topological polar surface area (TPSA) is 45.2 Å². The number of nitrogens with zero attached hydrogens (tertiary/aromatic N) is 2. The van der Waals surface area contributed by atoms with Crippen molar-refractivity contribution < 1.29 is 14.6 Å². The molecule has 5 nitrogen and oxygen atoms in total. The summed E-state index contributed by atoms with van der Waals surface area (Å²) < 4.78 is 10.8. The fourth-order valence-electron chi connectivity index (χ4n) is 2.85. The highest BCUT2D eigenvalue weighted by atomic mass is 16.7. The summed E-state index contributed by atoms with van der Waals surface area (Å²) in [6, 6.07) is 6.19. The van der Waals surface area contributed by atoms with E-state index in [1.54, 1.807) is 0 Å². The van der Waals surface area contributed by atoms with Crippen molar-refractivity contribution in [1.29, 1.82) is 0 Å². The second-order valence-corrected chi connectivity index (χ2v) is 5.38. The lowest BCUT2D eigenvalue weighted by Gasteiger charge is -2.21. The predicted molar refractivity (Wildman–Crippen MR) is 76.0 cm³/mol. The Bertz CT molecular complexity index is 453. The van der Waals surface area contributed by atoms with E-state index in [1.807, 2.05) is 6.07 Å². The van der Waals surface area contributed by atoms with Crippen molar-refractivity contribution in [2.24, 2.45) is 0 Å². The fourth-order valence-corrected chi connectivity index (χ4v) is 2.85. The van der Waals surface area contributed by atoms with Gasteiger partial charge >= 0.3 is 0 Å². The largest absolute Gasteiger partial charge is 0.454 e. The highest BCUT2D eigenvalue weighted by Gasteiger charge is 2.17. The van der Waals surface area contributed by atoms with Crippen LogP contribution in [0.25, 0.3) is 0 Å². The molecule has 0 radical (unpaired) electrons. The van der Waals surface area contributed by atoms with E-state index in [0.717, 1.165) is 57.2 Å². The molecule has 0 saturated carbocycles. The molecule has 0 aliphatic carbocycles. The molecule has 2 heterocycles. The van der Waals surface area contributed by atoms with Gasteiger partial charge in [0, 0.05) is 26.2 Å². The van der Waals surface area contributed by atoms with Gasteiger partial charge in [-0.1, -0.05) is 6.07 Å². The van der Waals surface area contributed by atoms with Crippen LogP contribution in [0.4, 0.5) is 0 Å². The SMILES string of the molecule is OCCN1CCCN(Cc2ccc3c(c2)OCO3)CC1. The summed E-state index contributed by atoms with van der Waals surface area (Å²) in [6.45, 7) is 6.59. The first-order chi connectivity index (χ1) is 9.85. The maximum absolute atomic E-state index is 9.02. The van der Waals surface area contributed by atoms with E-state index < -0.39 is 0 Å². The fraction of sp³-hybridized carbons (Fsp3) is 0.600. The second kappa shape index (κ2) is 6.43. The molecule has 0 bridgehead atoms. The molecule has 110 valence electrons. The minimum Gasteiger partial charge on any atom is -0.454 e. The van der Waals surface area contributed by atoms with Gasteiger partial charge in [0.15, 0.2) is 11.5 Å². The van der Waals surface area contributed by atoms with Gasteiger partial charge in [-0.25, -0.2) is 0 Å². The first kappa shape index (κ1) is 13.7. The van der Waals surface area contributed by atoms with E-state index in [-0.39, 0.29) is 6.61 Å². The maximum Gasteiger partial charge on any atom is 0.231 e. The van der Waals surface area contributed by atoms with Gasteiger partial charge in [0.1, 0.15) is 0 Å². The van der Waals surface area contributed by atoms with E-state index in [0.29, 0.717) is 6.79 Å². The number of fused-ring (bicyclic) bond motifs is 1. The van der Waals surface area contributed by atoms with Crippen molar-refractivity contribution in [3.63, 3.8) is 0 Å². The van der Waals surface area contributed by atoms with Crippen LogP contribution in [0.15, 0.2) is 18.2 Å². The van der Waals surface area contributed by atoms with Crippen molar-refractivity contribution in [3.05, 3.63) is 23.8 Å². The number of hydrogen-bond acceptors (Lipinski definition) is 5. The van der Waals surface area contributed by atoms with Crippen LogP contribution in [0, 0.1) is 0 Å². The summed E-state index contributed by atoms with van der Waals surface area (Å²) in [6.07, 6.45) is 1.16. The minimum atomic E-state index is 0.252. The molecule has 5 heteroatoms. The predicted octanol–water partition coefficient (Wildman–Crippen LogP) is 0.915.